The number of nitrogens with one attached hydrogen (secondary N) is 3. The Labute approximate surface area is 241 Å². The first-order valence-electron chi connectivity index (χ1n) is 13.2. The molecule has 0 saturated carbocycles. The highest BCUT2D eigenvalue weighted by Crippen LogP contribution is 2.44. The number of carbonyl (C=O) groups is 2. The van der Waals surface area contributed by atoms with Crippen molar-refractivity contribution in [3.63, 3.8) is 0 Å². The highest BCUT2D eigenvalue weighted by molar-refractivity contribution is 6.34. The van der Waals surface area contributed by atoms with Gasteiger partial charge in [0.2, 0.25) is 5.91 Å². The molecule has 0 radical (unpaired) electrons. The predicted octanol–water partition coefficient (Wildman–Crippen LogP) is 6.27. The number of aromatic amines is 1. The number of aromatic nitrogens is 1. The maximum atomic E-state index is 13.5. The van der Waals surface area contributed by atoms with Crippen LogP contribution < -0.4 is 16.2 Å². The molecular weight excluding hydrogens is 538 g/mol. The number of halogens is 1. The van der Waals surface area contributed by atoms with E-state index >= 15 is 0 Å². The summed E-state index contributed by atoms with van der Waals surface area (Å²) in [4.78, 5) is 41.3. The summed E-state index contributed by atoms with van der Waals surface area (Å²) >= 11 is 6.42. The summed E-state index contributed by atoms with van der Waals surface area (Å²) in [6, 6.07) is 29.5. The van der Waals surface area contributed by atoms with Crippen LogP contribution in [0.15, 0.2) is 108 Å². The van der Waals surface area contributed by atoms with E-state index in [9.17, 15) is 14.4 Å². The molecule has 0 saturated heterocycles. The molecule has 0 spiro atoms. The fourth-order valence-corrected chi connectivity index (χ4v) is 5.58. The topological polar surface area (TPSA) is 100 Å². The van der Waals surface area contributed by atoms with Crippen LogP contribution >= 0.6 is 11.6 Å². The number of carbonyl (C=O) groups excluding carboxylic acids is 2. The van der Waals surface area contributed by atoms with Crippen LogP contribution in [-0.2, 0) is 16.0 Å². The van der Waals surface area contributed by atoms with Crippen molar-refractivity contribution < 1.29 is 14.3 Å². The third-order valence-corrected chi connectivity index (χ3v) is 7.67. The number of benzene rings is 4. The van der Waals surface area contributed by atoms with Gasteiger partial charge in [0.05, 0.1) is 10.7 Å². The summed E-state index contributed by atoms with van der Waals surface area (Å²) in [5.41, 5.74) is 5.39. The zero-order valence-electron chi connectivity index (χ0n) is 21.9. The Morgan fingerprint density at radius 2 is 1.54 bits per heavy atom. The maximum absolute atomic E-state index is 13.5. The molecule has 41 heavy (non-hydrogen) atoms. The van der Waals surface area contributed by atoms with Crippen molar-refractivity contribution in [2.75, 3.05) is 11.9 Å². The van der Waals surface area contributed by atoms with E-state index in [-0.39, 0.29) is 29.5 Å². The van der Waals surface area contributed by atoms with E-state index in [1.807, 2.05) is 66.7 Å². The van der Waals surface area contributed by atoms with Crippen LogP contribution in [0.3, 0.4) is 0 Å². The quantitative estimate of drug-likeness (QED) is 0.217. The number of H-pyrrole nitrogens is 1. The summed E-state index contributed by atoms with van der Waals surface area (Å²) in [7, 11) is 0. The lowest BCUT2D eigenvalue weighted by atomic mass is 9.98. The van der Waals surface area contributed by atoms with Gasteiger partial charge in [-0.3, -0.25) is 9.59 Å². The molecule has 0 bridgehead atoms. The number of amides is 2. The first-order chi connectivity index (χ1) is 20.0. The van der Waals surface area contributed by atoms with Crippen molar-refractivity contribution in [2.24, 2.45) is 0 Å². The van der Waals surface area contributed by atoms with Gasteiger partial charge in [0.1, 0.15) is 12.6 Å². The molecule has 0 fully saturated rings. The third-order valence-electron chi connectivity index (χ3n) is 7.35. The van der Waals surface area contributed by atoms with Crippen LogP contribution in [0.4, 0.5) is 10.5 Å². The van der Waals surface area contributed by atoms with E-state index in [1.54, 1.807) is 12.1 Å². The Bertz CT molecular complexity index is 1770. The molecule has 0 aliphatic heterocycles. The van der Waals surface area contributed by atoms with Gasteiger partial charge >= 0.3 is 6.09 Å². The molecular formula is C33H26ClN3O4. The van der Waals surface area contributed by atoms with Gasteiger partial charge in [-0.05, 0) is 51.4 Å². The molecule has 1 heterocycles. The molecule has 4 aromatic carbocycles. The summed E-state index contributed by atoms with van der Waals surface area (Å²) in [6.07, 6.45) is 1.07. The van der Waals surface area contributed by atoms with Gasteiger partial charge < -0.3 is 20.4 Å². The lowest BCUT2D eigenvalue weighted by Gasteiger charge is -2.20. The molecule has 6 rings (SSSR count). The molecule has 1 atom stereocenters. The van der Waals surface area contributed by atoms with Gasteiger partial charge in [-0.2, -0.15) is 0 Å². The standard InChI is InChI=1S/C33H26ClN3O4/c34-28-18-26-21(14-15-35-31(26)38)17-29(28)36-32(39)30(16-20-8-2-1-3-9-20)37-33(40)41-19-27-24-12-6-4-10-22(24)23-11-5-7-13-25(23)27/h1-15,17-18,27,30H,16,19H2,(H,35,38)(H,36,39)(H,37,40). The highest BCUT2D eigenvalue weighted by Gasteiger charge is 2.30. The fraction of sp³-hybridized carbons (Fsp3) is 0.121. The van der Waals surface area contributed by atoms with Crippen LogP contribution in [0, 0.1) is 0 Å². The molecule has 1 aromatic heterocycles. The van der Waals surface area contributed by atoms with E-state index in [4.69, 9.17) is 16.3 Å². The average Bonchev–Trinajstić information content (AvgIpc) is 3.31. The molecule has 1 unspecified atom stereocenters. The SMILES string of the molecule is O=C(NC(Cc1ccccc1)C(=O)Nc1cc2cc[nH]c(=O)c2cc1Cl)OCC1c2ccccc2-c2ccccc21. The number of hydrogen-bond acceptors (Lipinski definition) is 4. The van der Waals surface area contributed by atoms with Crippen LogP contribution in [0.5, 0.6) is 0 Å². The zero-order chi connectivity index (χ0) is 28.3. The summed E-state index contributed by atoms with van der Waals surface area (Å²) in [5.74, 6) is -0.567. The Kier molecular flexibility index (Phi) is 7.27. The number of rotatable bonds is 7. The minimum absolute atomic E-state index is 0.103. The van der Waals surface area contributed by atoms with Crippen molar-refractivity contribution in [3.8, 4) is 11.1 Å². The van der Waals surface area contributed by atoms with Crippen LogP contribution in [0.2, 0.25) is 5.02 Å². The normalized spacial score (nSPS) is 12.8. The minimum Gasteiger partial charge on any atom is -0.449 e. The lowest BCUT2D eigenvalue weighted by Crippen LogP contribution is -2.45. The van der Waals surface area contributed by atoms with Gasteiger partial charge in [0.25, 0.3) is 5.56 Å². The minimum atomic E-state index is -0.945. The number of pyridine rings is 1. The lowest BCUT2D eigenvalue weighted by molar-refractivity contribution is -0.118. The first kappa shape index (κ1) is 26.3. The van der Waals surface area contributed by atoms with E-state index in [0.29, 0.717) is 16.5 Å². The van der Waals surface area contributed by atoms with Crippen LogP contribution in [0.25, 0.3) is 21.9 Å². The monoisotopic (exact) mass is 563 g/mol. The summed E-state index contributed by atoms with van der Waals surface area (Å²) < 4.78 is 5.71. The van der Waals surface area contributed by atoms with E-state index < -0.39 is 18.0 Å². The summed E-state index contributed by atoms with van der Waals surface area (Å²) in [5, 5.41) is 6.81. The molecule has 204 valence electrons. The molecule has 8 heteroatoms. The second-order valence-corrected chi connectivity index (χ2v) is 10.3. The van der Waals surface area contributed by atoms with E-state index in [2.05, 4.69) is 27.8 Å². The van der Waals surface area contributed by atoms with Gasteiger partial charge in [-0.1, -0.05) is 90.5 Å². The molecule has 1 aliphatic rings. The second kappa shape index (κ2) is 11.3. The Morgan fingerprint density at radius 3 is 2.24 bits per heavy atom. The number of hydrogen-bond donors (Lipinski definition) is 3. The smallest absolute Gasteiger partial charge is 0.407 e. The molecule has 7 nitrogen and oxygen atoms in total. The van der Waals surface area contributed by atoms with Gasteiger partial charge in [-0.15, -0.1) is 0 Å². The number of fused-ring (bicyclic) bond motifs is 4. The van der Waals surface area contributed by atoms with Gasteiger partial charge in [-0.25, -0.2) is 4.79 Å². The number of anilines is 1. The van der Waals surface area contributed by atoms with Crippen LogP contribution in [-0.4, -0.2) is 29.6 Å². The number of alkyl carbamates (subject to hydrolysis) is 1. The van der Waals surface area contributed by atoms with E-state index in [0.717, 1.165) is 27.8 Å². The molecule has 1 aliphatic carbocycles. The largest absolute Gasteiger partial charge is 0.449 e. The Balaban J connectivity index is 1.20. The van der Waals surface area contributed by atoms with Gasteiger partial charge in [0, 0.05) is 23.9 Å². The summed E-state index contributed by atoms with van der Waals surface area (Å²) in [6.45, 7) is 0.130. The van der Waals surface area contributed by atoms with Crippen molar-refractivity contribution in [1.82, 2.24) is 10.3 Å². The van der Waals surface area contributed by atoms with Crippen molar-refractivity contribution in [2.45, 2.75) is 18.4 Å². The molecule has 2 amide bonds. The Morgan fingerprint density at radius 1 is 0.878 bits per heavy atom. The van der Waals surface area contributed by atoms with Gasteiger partial charge in [0.15, 0.2) is 0 Å². The first-order valence-corrected chi connectivity index (χ1v) is 13.6. The van der Waals surface area contributed by atoms with E-state index in [1.165, 1.54) is 12.3 Å². The second-order valence-electron chi connectivity index (χ2n) is 9.93. The van der Waals surface area contributed by atoms with Crippen molar-refractivity contribution in [3.05, 3.63) is 135 Å². The maximum Gasteiger partial charge on any atom is 0.407 e. The molecule has 3 N–H and O–H groups in total. The Hall–Kier alpha value is -4.88. The van der Waals surface area contributed by atoms with Crippen molar-refractivity contribution >= 4 is 40.1 Å². The molecule has 5 aromatic rings. The zero-order valence-corrected chi connectivity index (χ0v) is 22.7. The average molecular weight is 564 g/mol. The van der Waals surface area contributed by atoms with Crippen LogP contribution in [0.1, 0.15) is 22.6 Å². The highest BCUT2D eigenvalue weighted by atomic mass is 35.5. The third kappa shape index (κ3) is 5.44. The predicted molar refractivity (Wildman–Crippen MR) is 160 cm³/mol. The number of ether oxygens (including phenoxy) is 1. The van der Waals surface area contributed by atoms with Crippen molar-refractivity contribution in [1.29, 1.82) is 0 Å². The fourth-order valence-electron chi connectivity index (χ4n) is 5.37.